The lowest BCUT2D eigenvalue weighted by Gasteiger charge is -2.11. The molecule has 0 atom stereocenters. The van der Waals surface area contributed by atoms with Crippen LogP contribution >= 0.6 is 0 Å². The van der Waals surface area contributed by atoms with Gasteiger partial charge in [-0.1, -0.05) is 19.1 Å². The van der Waals surface area contributed by atoms with Gasteiger partial charge in [-0.25, -0.2) is 0 Å². The van der Waals surface area contributed by atoms with Crippen LogP contribution in [0.1, 0.15) is 23.7 Å². The standard InChI is InChI=1S/C16H17NO3/c1-2-11-20-15-6-4-3-5-14(15)16(19)17-12-7-9-13(18)10-8-12/h3-10,18H,2,11H2,1H3,(H,17,19). The van der Waals surface area contributed by atoms with Crippen molar-refractivity contribution < 1.29 is 14.6 Å². The summed E-state index contributed by atoms with van der Waals surface area (Å²) in [4.78, 5) is 12.2. The Morgan fingerprint density at radius 3 is 2.55 bits per heavy atom. The summed E-state index contributed by atoms with van der Waals surface area (Å²) in [5.41, 5.74) is 1.12. The van der Waals surface area contributed by atoms with E-state index in [-0.39, 0.29) is 11.7 Å². The highest BCUT2D eigenvalue weighted by Gasteiger charge is 2.12. The number of phenolic OH excluding ortho intramolecular Hbond substituents is 1. The average molecular weight is 271 g/mol. The molecule has 0 bridgehead atoms. The Bertz CT molecular complexity index is 579. The molecular formula is C16H17NO3. The molecule has 0 aromatic heterocycles. The van der Waals surface area contributed by atoms with Crippen molar-refractivity contribution in [2.24, 2.45) is 0 Å². The molecule has 0 radical (unpaired) electrons. The first kappa shape index (κ1) is 13.9. The van der Waals surface area contributed by atoms with Crippen LogP contribution in [0.3, 0.4) is 0 Å². The van der Waals surface area contributed by atoms with Crippen molar-refractivity contribution in [1.82, 2.24) is 0 Å². The molecule has 0 saturated carbocycles. The van der Waals surface area contributed by atoms with Crippen LogP contribution in [0.25, 0.3) is 0 Å². The van der Waals surface area contributed by atoms with Gasteiger partial charge in [-0.05, 0) is 42.8 Å². The summed E-state index contributed by atoms with van der Waals surface area (Å²) in [6, 6.07) is 13.5. The molecule has 2 aromatic rings. The highest BCUT2D eigenvalue weighted by Crippen LogP contribution is 2.20. The summed E-state index contributed by atoms with van der Waals surface area (Å²) in [5.74, 6) is 0.502. The van der Waals surface area contributed by atoms with Gasteiger partial charge in [0.1, 0.15) is 11.5 Å². The summed E-state index contributed by atoms with van der Waals surface area (Å²) < 4.78 is 5.56. The number of anilines is 1. The van der Waals surface area contributed by atoms with Gasteiger partial charge < -0.3 is 15.2 Å². The molecule has 2 N–H and O–H groups in total. The van der Waals surface area contributed by atoms with E-state index < -0.39 is 0 Å². The summed E-state index contributed by atoms with van der Waals surface area (Å²) in [5, 5.41) is 12.0. The predicted molar refractivity (Wildman–Crippen MR) is 78.3 cm³/mol. The Morgan fingerprint density at radius 1 is 1.15 bits per heavy atom. The first-order valence-electron chi connectivity index (χ1n) is 6.53. The Labute approximate surface area is 118 Å². The Morgan fingerprint density at radius 2 is 1.85 bits per heavy atom. The van der Waals surface area contributed by atoms with Crippen LogP contribution in [-0.4, -0.2) is 17.6 Å². The highest BCUT2D eigenvalue weighted by atomic mass is 16.5. The van der Waals surface area contributed by atoms with Gasteiger partial charge in [0.15, 0.2) is 0 Å². The smallest absolute Gasteiger partial charge is 0.259 e. The Balaban J connectivity index is 2.14. The predicted octanol–water partition coefficient (Wildman–Crippen LogP) is 3.43. The molecular weight excluding hydrogens is 254 g/mol. The lowest BCUT2D eigenvalue weighted by atomic mass is 10.2. The van der Waals surface area contributed by atoms with Gasteiger partial charge in [0, 0.05) is 5.69 Å². The number of nitrogens with one attached hydrogen (secondary N) is 1. The van der Waals surface area contributed by atoms with Crippen LogP contribution in [0.4, 0.5) is 5.69 Å². The van der Waals surface area contributed by atoms with E-state index in [1.807, 2.05) is 13.0 Å². The Kier molecular flexibility index (Phi) is 4.60. The van der Waals surface area contributed by atoms with E-state index in [9.17, 15) is 9.90 Å². The fourth-order valence-corrected chi connectivity index (χ4v) is 1.74. The number of carbonyl (C=O) groups excluding carboxylic acids is 1. The molecule has 0 saturated heterocycles. The van der Waals surface area contributed by atoms with Gasteiger partial charge in [0.2, 0.25) is 0 Å². The van der Waals surface area contributed by atoms with Crippen LogP contribution in [-0.2, 0) is 0 Å². The van der Waals surface area contributed by atoms with Crippen LogP contribution in [0.15, 0.2) is 48.5 Å². The second kappa shape index (κ2) is 6.61. The topological polar surface area (TPSA) is 58.6 Å². The van der Waals surface area contributed by atoms with Crippen LogP contribution in [0, 0.1) is 0 Å². The van der Waals surface area contributed by atoms with Gasteiger partial charge in [-0.15, -0.1) is 0 Å². The van der Waals surface area contributed by atoms with Crippen LogP contribution < -0.4 is 10.1 Å². The minimum Gasteiger partial charge on any atom is -0.508 e. The monoisotopic (exact) mass is 271 g/mol. The van der Waals surface area contributed by atoms with E-state index in [2.05, 4.69) is 5.32 Å². The van der Waals surface area contributed by atoms with Crippen molar-refractivity contribution >= 4 is 11.6 Å². The zero-order chi connectivity index (χ0) is 14.4. The third-order valence-electron chi connectivity index (χ3n) is 2.72. The number of phenols is 1. The second-order valence-electron chi connectivity index (χ2n) is 4.35. The molecule has 0 unspecified atom stereocenters. The van der Waals surface area contributed by atoms with Gasteiger partial charge in [-0.3, -0.25) is 4.79 Å². The molecule has 0 heterocycles. The molecule has 0 fully saturated rings. The zero-order valence-electron chi connectivity index (χ0n) is 11.3. The second-order valence-corrected chi connectivity index (χ2v) is 4.35. The summed E-state index contributed by atoms with van der Waals surface area (Å²) >= 11 is 0. The van der Waals surface area contributed by atoms with Gasteiger partial charge >= 0.3 is 0 Å². The van der Waals surface area contributed by atoms with Crippen molar-refractivity contribution in [3.63, 3.8) is 0 Å². The summed E-state index contributed by atoms with van der Waals surface area (Å²) in [6.07, 6.45) is 0.883. The molecule has 0 aliphatic carbocycles. The van der Waals surface area contributed by atoms with Crippen molar-refractivity contribution in [2.75, 3.05) is 11.9 Å². The molecule has 4 heteroatoms. The maximum Gasteiger partial charge on any atom is 0.259 e. The third kappa shape index (κ3) is 3.51. The molecule has 0 aliphatic rings. The van der Waals surface area contributed by atoms with E-state index in [0.29, 0.717) is 23.6 Å². The number of aromatic hydroxyl groups is 1. The number of amides is 1. The molecule has 20 heavy (non-hydrogen) atoms. The quantitative estimate of drug-likeness (QED) is 0.819. The average Bonchev–Trinajstić information content (AvgIpc) is 2.47. The molecule has 0 aliphatic heterocycles. The third-order valence-corrected chi connectivity index (χ3v) is 2.72. The van der Waals surface area contributed by atoms with Crippen molar-refractivity contribution in [2.45, 2.75) is 13.3 Å². The van der Waals surface area contributed by atoms with E-state index >= 15 is 0 Å². The highest BCUT2D eigenvalue weighted by molar-refractivity contribution is 6.06. The molecule has 4 nitrogen and oxygen atoms in total. The SMILES string of the molecule is CCCOc1ccccc1C(=O)Nc1ccc(O)cc1. The number of benzene rings is 2. The maximum atomic E-state index is 12.2. The minimum absolute atomic E-state index is 0.162. The summed E-state index contributed by atoms with van der Waals surface area (Å²) in [6.45, 7) is 2.59. The van der Waals surface area contributed by atoms with Crippen molar-refractivity contribution in [1.29, 1.82) is 0 Å². The number of rotatable bonds is 5. The largest absolute Gasteiger partial charge is 0.508 e. The van der Waals surface area contributed by atoms with Crippen LogP contribution in [0.2, 0.25) is 0 Å². The number of hydrogen-bond acceptors (Lipinski definition) is 3. The molecule has 2 rings (SSSR count). The van der Waals surface area contributed by atoms with Gasteiger partial charge in [-0.2, -0.15) is 0 Å². The van der Waals surface area contributed by atoms with E-state index in [0.717, 1.165) is 6.42 Å². The Hall–Kier alpha value is -2.49. The maximum absolute atomic E-state index is 12.2. The number of hydrogen-bond donors (Lipinski definition) is 2. The van der Waals surface area contributed by atoms with E-state index in [1.54, 1.807) is 30.3 Å². The van der Waals surface area contributed by atoms with Crippen molar-refractivity contribution in [3.05, 3.63) is 54.1 Å². The number of para-hydroxylation sites is 1. The first-order valence-corrected chi connectivity index (χ1v) is 6.53. The summed E-state index contributed by atoms with van der Waals surface area (Å²) in [7, 11) is 0. The molecule has 0 spiro atoms. The van der Waals surface area contributed by atoms with E-state index in [1.165, 1.54) is 12.1 Å². The lowest BCUT2D eigenvalue weighted by Crippen LogP contribution is -2.13. The van der Waals surface area contributed by atoms with Gasteiger partial charge in [0.05, 0.1) is 12.2 Å². The first-order chi connectivity index (χ1) is 9.70. The molecule has 2 aromatic carbocycles. The van der Waals surface area contributed by atoms with Crippen molar-refractivity contribution in [3.8, 4) is 11.5 Å². The normalized spacial score (nSPS) is 10.1. The number of ether oxygens (including phenoxy) is 1. The van der Waals surface area contributed by atoms with Gasteiger partial charge in [0.25, 0.3) is 5.91 Å². The minimum atomic E-state index is -0.234. The fourth-order valence-electron chi connectivity index (χ4n) is 1.74. The number of carbonyl (C=O) groups is 1. The van der Waals surface area contributed by atoms with E-state index in [4.69, 9.17) is 4.74 Å². The molecule has 1 amide bonds. The van der Waals surface area contributed by atoms with Crippen LogP contribution in [0.5, 0.6) is 11.5 Å². The molecule has 104 valence electrons. The zero-order valence-corrected chi connectivity index (χ0v) is 11.3. The lowest BCUT2D eigenvalue weighted by molar-refractivity contribution is 0.102. The fraction of sp³-hybridized carbons (Fsp3) is 0.188.